The van der Waals surface area contributed by atoms with E-state index in [2.05, 4.69) is 4.98 Å². The quantitative estimate of drug-likeness (QED) is 0.767. The minimum Gasteiger partial charge on any atom is -0.388 e. The zero-order valence-electron chi connectivity index (χ0n) is 13.5. The molecule has 1 aromatic heterocycles. The van der Waals surface area contributed by atoms with E-state index in [1.54, 1.807) is 48.8 Å². The highest BCUT2D eigenvalue weighted by atomic mass is 32.2. The van der Waals surface area contributed by atoms with Gasteiger partial charge in [-0.1, -0.05) is 30.3 Å². The molecule has 0 unspecified atom stereocenters. The Kier molecular flexibility index (Phi) is 3.94. The molecule has 0 fully saturated rings. The fourth-order valence-electron chi connectivity index (χ4n) is 3.39. The number of rotatable bonds is 2. The summed E-state index contributed by atoms with van der Waals surface area (Å²) in [4.78, 5) is 4.33. The van der Waals surface area contributed by atoms with E-state index in [1.807, 2.05) is 12.1 Å². The molecule has 1 atom stereocenters. The van der Waals surface area contributed by atoms with Gasteiger partial charge in [0.2, 0.25) is 0 Å². The van der Waals surface area contributed by atoms with Gasteiger partial charge < -0.3 is 5.11 Å². The first-order chi connectivity index (χ1) is 12.1. The molecule has 1 aliphatic rings. The maximum atomic E-state index is 13.4. The second-order valence-corrected chi connectivity index (χ2v) is 7.98. The lowest BCUT2D eigenvalue weighted by atomic mass is 10.1. The van der Waals surface area contributed by atoms with Crippen LogP contribution in [0.5, 0.6) is 0 Å². The number of aromatic nitrogens is 1. The molecule has 25 heavy (non-hydrogen) atoms. The van der Waals surface area contributed by atoms with E-state index >= 15 is 0 Å². The van der Waals surface area contributed by atoms with Crippen LogP contribution in [-0.4, -0.2) is 25.1 Å². The number of pyridine rings is 1. The van der Waals surface area contributed by atoms with Crippen LogP contribution in [-0.2, 0) is 10.0 Å². The van der Waals surface area contributed by atoms with Crippen LogP contribution in [0.3, 0.4) is 0 Å². The lowest BCUT2D eigenvalue weighted by molar-refractivity contribution is 0.168. The molecular formula is C19H18N2O3S. The van der Waals surface area contributed by atoms with Crippen molar-refractivity contribution in [1.82, 2.24) is 4.98 Å². The number of benzene rings is 2. The Labute approximate surface area is 146 Å². The first-order valence-corrected chi connectivity index (χ1v) is 9.65. The lowest BCUT2D eigenvalue weighted by Gasteiger charge is -2.25. The molecular weight excluding hydrogens is 336 g/mol. The van der Waals surface area contributed by atoms with E-state index in [0.717, 1.165) is 5.39 Å². The van der Waals surface area contributed by atoms with Gasteiger partial charge in [-0.15, -0.1) is 0 Å². The van der Waals surface area contributed by atoms with Crippen molar-refractivity contribution in [3.05, 3.63) is 66.5 Å². The van der Waals surface area contributed by atoms with Gasteiger partial charge in [-0.2, -0.15) is 0 Å². The first kappa shape index (κ1) is 16.1. The van der Waals surface area contributed by atoms with Crippen molar-refractivity contribution in [1.29, 1.82) is 0 Å². The molecule has 0 radical (unpaired) electrons. The Balaban J connectivity index is 1.92. The molecule has 3 aromatic rings. The summed E-state index contributed by atoms with van der Waals surface area (Å²) in [5.41, 5.74) is 1.21. The Hall–Kier alpha value is -2.44. The molecule has 0 bridgehead atoms. The van der Waals surface area contributed by atoms with E-state index in [9.17, 15) is 13.5 Å². The summed E-state index contributed by atoms with van der Waals surface area (Å²) in [7, 11) is -3.75. The van der Waals surface area contributed by atoms with Gasteiger partial charge in [0.05, 0.1) is 16.7 Å². The highest BCUT2D eigenvalue weighted by molar-refractivity contribution is 7.93. The fourth-order valence-corrected chi connectivity index (χ4v) is 5.13. The van der Waals surface area contributed by atoms with Gasteiger partial charge >= 0.3 is 0 Å². The third-order valence-electron chi connectivity index (χ3n) is 4.61. The average molecular weight is 354 g/mol. The molecule has 2 heterocycles. The van der Waals surface area contributed by atoms with Gasteiger partial charge in [0.1, 0.15) is 0 Å². The van der Waals surface area contributed by atoms with E-state index in [1.165, 1.54) is 4.31 Å². The molecule has 1 aliphatic heterocycles. The first-order valence-electron chi connectivity index (χ1n) is 8.21. The van der Waals surface area contributed by atoms with Gasteiger partial charge in [0.15, 0.2) is 0 Å². The van der Waals surface area contributed by atoms with Crippen molar-refractivity contribution >= 4 is 26.5 Å². The van der Waals surface area contributed by atoms with E-state index < -0.39 is 16.1 Å². The molecule has 128 valence electrons. The number of hydrogen-bond acceptors (Lipinski definition) is 4. The standard InChI is InChI=1S/C19H18N2O3S/c22-18-8-4-12-21(17-7-2-1-6-16(17)18)25(23,24)19-9-3-5-14-13-20-11-10-15(14)19/h1-3,5-7,9-11,13,18,22H,4,8,12H2/t18-/m1/s1. The highest BCUT2D eigenvalue weighted by Crippen LogP contribution is 2.37. The highest BCUT2D eigenvalue weighted by Gasteiger charge is 2.31. The van der Waals surface area contributed by atoms with Crippen LogP contribution in [0.1, 0.15) is 24.5 Å². The molecule has 4 rings (SSSR count). The molecule has 0 saturated heterocycles. The van der Waals surface area contributed by atoms with Crippen molar-refractivity contribution in [2.75, 3.05) is 10.8 Å². The Morgan fingerprint density at radius 3 is 2.80 bits per heavy atom. The molecule has 1 N–H and O–H groups in total. The van der Waals surface area contributed by atoms with Crippen molar-refractivity contribution in [3.63, 3.8) is 0 Å². The maximum Gasteiger partial charge on any atom is 0.264 e. The van der Waals surface area contributed by atoms with Crippen LogP contribution in [0.2, 0.25) is 0 Å². The topological polar surface area (TPSA) is 70.5 Å². The monoisotopic (exact) mass is 354 g/mol. The van der Waals surface area contributed by atoms with Crippen LogP contribution in [0.4, 0.5) is 5.69 Å². The Morgan fingerprint density at radius 1 is 1.08 bits per heavy atom. The SMILES string of the molecule is O=S(=O)(c1cccc2cnccc12)N1CCC[C@@H](O)c2ccccc21. The molecule has 0 spiro atoms. The van der Waals surface area contributed by atoms with Crippen molar-refractivity contribution < 1.29 is 13.5 Å². The molecule has 6 heteroatoms. The minimum atomic E-state index is -3.75. The van der Waals surface area contributed by atoms with E-state index in [4.69, 9.17) is 0 Å². The fraction of sp³-hybridized carbons (Fsp3) is 0.211. The number of anilines is 1. The summed E-state index contributed by atoms with van der Waals surface area (Å²) in [5.74, 6) is 0. The third-order valence-corrected chi connectivity index (χ3v) is 6.48. The number of sulfonamides is 1. The molecule has 0 aliphatic carbocycles. The van der Waals surface area contributed by atoms with Gasteiger partial charge in [0.25, 0.3) is 10.0 Å². The van der Waals surface area contributed by atoms with Crippen LogP contribution in [0, 0.1) is 0 Å². The number of aliphatic hydroxyl groups is 1. The van der Waals surface area contributed by atoms with Crippen molar-refractivity contribution in [2.45, 2.75) is 23.8 Å². The van der Waals surface area contributed by atoms with Crippen LogP contribution in [0.15, 0.2) is 65.8 Å². The average Bonchev–Trinajstić information content (AvgIpc) is 2.81. The van der Waals surface area contributed by atoms with E-state index in [0.29, 0.717) is 36.0 Å². The molecule has 5 nitrogen and oxygen atoms in total. The van der Waals surface area contributed by atoms with Crippen molar-refractivity contribution in [2.24, 2.45) is 0 Å². The normalized spacial score (nSPS) is 18.0. The van der Waals surface area contributed by atoms with Gasteiger partial charge in [-0.3, -0.25) is 9.29 Å². The summed E-state index contributed by atoms with van der Waals surface area (Å²) in [6.07, 6.45) is 3.76. The van der Waals surface area contributed by atoms with Crippen molar-refractivity contribution in [3.8, 4) is 0 Å². The number of para-hydroxylation sites is 1. The number of fused-ring (bicyclic) bond motifs is 2. The summed E-state index contributed by atoms with van der Waals surface area (Å²) >= 11 is 0. The third kappa shape index (κ3) is 2.67. The minimum absolute atomic E-state index is 0.263. The molecule has 0 saturated carbocycles. The summed E-state index contributed by atoms with van der Waals surface area (Å²) < 4.78 is 28.3. The second-order valence-electron chi connectivity index (χ2n) is 6.15. The summed E-state index contributed by atoms with van der Waals surface area (Å²) in [6, 6.07) is 14.1. The lowest BCUT2D eigenvalue weighted by Crippen LogP contribution is -2.32. The maximum absolute atomic E-state index is 13.4. The summed E-state index contributed by atoms with van der Waals surface area (Å²) in [6.45, 7) is 0.345. The number of nitrogens with zero attached hydrogens (tertiary/aromatic N) is 2. The molecule has 2 aromatic carbocycles. The van der Waals surface area contributed by atoms with Gasteiger partial charge in [0, 0.05) is 35.3 Å². The summed E-state index contributed by atoms with van der Waals surface area (Å²) in [5, 5.41) is 11.8. The predicted molar refractivity (Wildman–Crippen MR) is 96.9 cm³/mol. The number of aliphatic hydroxyl groups excluding tert-OH is 1. The van der Waals surface area contributed by atoms with Crippen LogP contribution < -0.4 is 4.31 Å². The zero-order valence-corrected chi connectivity index (χ0v) is 14.4. The Bertz CT molecular complexity index is 1030. The van der Waals surface area contributed by atoms with E-state index in [-0.39, 0.29) is 4.90 Å². The smallest absolute Gasteiger partial charge is 0.264 e. The largest absolute Gasteiger partial charge is 0.388 e. The molecule has 0 amide bonds. The van der Waals surface area contributed by atoms with Crippen LogP contribution >= 0.6 is 0 Å². The predicted octanol–water partition coefficient (Wildman–Crippen LogP) is 3.26. The second kappa shape index (κ2) is 6.13. The van der Waals surface area contributed by atoms with Gasteiger partial charge in [-0.05, 0) is 31.0 Å². The van der Waals surface area contributed by atoms with Gasteiger partial charge in [-0.25, -0.2) is 8.42 Å². The zero-order chi connectivity index (χ0) is 17.4. The Morgan fingerprint density at radius 2 is 1.92 bits per heavy atom. The number of hydrogen-bond donors (Lipinski definition) is 1. The van der Waals surface area contributed by atoms with Crippen LogP contribution in [0.25, 0.3) is 10.8 Å².